The zero-order chi connectivity index (χ0) is 17.1. The highest BCUT2D eigenvalue weighted by Gasteiger charge is 2.15. The van der Waals surface area contributed by atoms with Crippen LogP contribution in [0.2, 0.25) is 0 Å². The lowest BCUT2D eigenvalue weighted by Crippen LogP contribution is -1.97. The Balaban J connectivity index is 1.82. The number of allylic oxidation sites excluding steroid dienone is 1. The molecule has 0 aliphatic heterocycles. The highest BCUT2D eigenvalue weighted by molar-refractivity contribution is 5.84. The molecular formula is C23H18FN. The van der Waals surface area contributed by atoms with Gasteiger partial charge in [0.05, 0.1) is 0 Å². The normalized spacial score (nSPS) is 12.7. The smallest absolute Gasteiger partial charge is 0.123 e. The van der Waals surface area contributed by atoms with Crippen LogP contribution in [0.15, 0.2) is 91.1 Å². The molecule has 0 unspecified atom stereocenters. The molecule has 4 rings (SSSR count). The number of aromatic nitrogens is 1. The first-order chi connectivity index (χ1) is 12.3. The maximum Gasteiger partial charge on any atom is 0.123 e. The van der Waals surface area contributed by atoms with Crippen molar-refractivity contribution in [3.63, 3.8) is 0 Å². The minimum Gasteiger partial charge on any atom is -0.361 e. The number of hydrogen-bond acceptors (Lipinski definition) is 0. The van der Waals surface area contributed by atoms with Gasteiger partial charge < -0.3 is 4.98 Å². The van der Waals surface area contributed by atoms with Gasteiger partial charge >= 0.3 is 0 Å². The van der Waals surface area contributed by atoms with Crippen molar-refractivity contribution in [3.8, 4) is 0 Å². The van der Waals surface area contributed by atoms with Crippen LogP contribution in [0.5, 0.6) is 0 Å². The molecule has 0 amide bonds. The van der Waals surface area contributed by atoms with Gasteiger partial charge in [0.25, 0.3) is 0 Å². The van der Waals surface area contributed by atoms with Crippen molar-refractivity contribution < 1.29 is 4.39 Å². The minimum atomic E-state index is -0.216. The third-order valence-corrected chi connectivity index (χ3v) is 4.45. The summed E-state index contributed by atoms with van der Waals surface area (Å²) in [6.07, 6.45) is 6.28. The second kappa shape index (κ2) is 6.78. The lowest BCUT2D eigenvalue weighted by atomic mass is 9.90. The van der Waals surface area contributed by atoms with E-state index in [2.05, 4.69) is 41.4 Å². The Morgan fingerprint density at radius 2 is 1.56 bits per heavy atom. The average molecular weight is 327 g/mol. The van der Waals surface area contributed by atoms with Crippen LogP contribution in [0.4, 0.5) is 4.39 Å². The molecule has 1 heterocycles. The summed E-state index contributed by atoms with van der Waals surface area (Å²) in [6.45, 7) is 0. The Labute approximate surface area is 146 Å². The summed E-state index contributed by atoms with van der Waals surface area (Å²) >= 11 is 0. The van der Waals surface area contributed by atoms with Crippen molar-refractivity contribution in [1.29, 1.82) is 0 Å². The second-order valence-electron chi connectivity index (χ2n) is 6.09. The molecule has 25 heavy (non-hydrogen) atoms. The topological polar surface area (TPSA) is 15.8 Å². The number of rotatable bonds is 4. The third-order valence-electron chi connectivity index (χ3n) is 4.45. The fraction of sp³-hybridized carbons (Fsp3) is 0.0435. The monoisotopic (exact) mass is 327 g/mol. The van der Waals surface area contributed by atoms with Crippen LogP contribution in [-0.2, 0) is 0 Å². The molecule has 0 spiro atoms. The highest BCUT2D eigenvalue weighted by atomic mass is 19.1. The maximum atomic E-state index is 13.8. The first-order valence-electron chi connectivity index (χ1n) is 8.36. The van der Waals surface area contributed by atoms with E-state index < -0.39 is 0 Å². The summed E-state index contributed by atoms with van der Waals surface area (Å²) in [5.41, 5.74) is 4.35. The van der Waals surface area contributed by atoms with Gasteiger partial charge in [0.2, 0.25) is 0 Å². The zero-order valence-corrected chi connectivity index (χ0v) is 13.7. The van der Waals surface area contributed by atoms with E-state index in [0.717, 1.165) is 22.0 Å². The number of aromatic amines is 1. The van der Waals surface area contributed by atoms with Gasteiger partial charge in [-0.3, -0.25) is 0 Å². The van der Waals surface area contributed by atoms with E-state index in [4.69, 9.17) is 0 Å². The maximum absolute atomic E-state index is 13.8. The van der Waals surface area contributed by atoms with E-state index in [1.807, 2.05) is 42.6 Å². The Bertz CT molecular complexity index is 1000. The van der Waals surface area contributed by atoms with E-state index in [-0.39, 0.29) is 11.7 Å². The third kappa shape index (κ3) is 3.24. The highest BCUT2D eigenvalue weighted by Crippen LogP contribution is 2.32. The number of fused-ring (bicyclic) bond motifs is 1. The van der Waals surface area contributed by atoms with Crippen molar-refractivity contribution >= 4 is 17.0 Å². The standard InChI is InChI=1S/C23H18FN/c24-19-12-14-23-21(15-19)22(16-25-23)20(18-9-5-2-6-10-18)13-11-17-7-3-1-4-8-17/h1-16,20,25H/b13-11+/t20-/m0/s1. The van der Waals surface area contributed by atoms with Crippen molar-refractivity contribution in [2.75, 3.05) is 0 Å². The summed E-state index contributed by atoms with van der Waals surface area (Å²) in [5, 5.41) is 0.923. The first-order valence-corrected chi connectivity index (χ1v) is 8.36. The molecule has 0 aliphatic rings. The van der Waals surface area contributed by atoms with Crippen LogP contribution < -0.4 is 0 Å². The Hall–Kier alpha value is -3.13. The van der Waals surface area contributed by atoms with Gasteiger partial charge in [0.1, 0.15) is 5.82 Å². The summed E-state index contributed by atoms with van der Waals surface area (Å²) in [4.78, 5) is 3.26. The van der Waals surface area contributed by atoms with Crippen molar-refractivity contribution in [3.05, 3.63) is 114 Å². The van der Waals surface area contributed by atoms with Gasteiger partial charge in [-0.2, -0.15) is 0 Å². The molecule has 122 valence electrons. The van der Waals surface area contributed by atoms with Crippen LogP contribution >= 0.6 is 0 Å². The van der Waals surface area contributed by atoms with Crippen LogP contribution in [0.1, 0.15) is 22.6 Å². The van der Waals surface area contributed by atoms with E-state index >= 15 is 0 Å². The van der Waals surface area contributed by atoms with Gasteiger partial charge in [-0.1, -0.05) is 72.8 Å². The first kappa shape index (κ1) is 15.4. The summed E-state index contributed by atoms with van der Waals surface area (Å²) in [6, 6.07) is 25.4. The molecule has 0 bridgehead atoms. The molecule has 0 saturated carbocycles. The molecule has 4 aromatic rings. The number of nitrogens with one attached hydrogen (secondary N) is 1. The van der Waals surface area contributed by atoms with Crippen LogP contribution in [0.3, 0.4) is 0 Å². The molecule has 1 nitrogen and oxygen atoms in total. The van der Waals surface area contributed by atoms with E-state index in [1.54, 1.807) is 12.1 Å². The minimum absolute atomic E-state index is 0.0527. The van der Waals surface area contributed by atoms with Gasteiger partial charge in [-0.25, -0.2) is 4.39 Å². The van der Waals surface area contributed by atoms with Crippen molar-refractivity contribution in [1.82, 2.24) is 4.98 Å². The Morgan fingerprint density at radius 3 is 2.32 bits per heavy atom. The predicted octanol–water partition coefficient (Wildman–Crippen LogP) is 6.15. The van der Waals surface area contributed by atoms with E-state index in [0.29, 0.717) is 0 Å². The molecule has 1 atom stereocenters. The lowest BCUT2D eigenvalue weighted by molar-refractivity contribution is 0.629. The van der Waals surface area contributed by atoms with Crippen LogP contribution in [0.25, 0.3) is 17.0 Å². The van der Waals surface area contributed by atoms with Crippen LogP contribution in [0, 0.1) is 5.82 Å². The van der Waals surface area contributed by atoms with Gasteiger partial charge in [-0.15, -0.1) is 0 Å². The molecule has 3 aromatic carbocycles. The number of H-pyrrole nitrogens is 1. The molecule has 1 aromatic heterocycles. The molecule has 0 radical (unpaired) electrons. The molecule has 0 fully saturated rings. The molecule has 0 aliphatic carbocycles. The molecule has 1 N–H and O–H groups in total. The van der Waals surface area contributed by atoms with Gasteiger partial charge in [0, 0.05) is 23.0 Å². The SMILES string of the molecule is Fc1ccc2[nH]cc([C@@H](/C=C/c3ccccc3)c3ccccc3)c2c1. The predicted molar refractivity (Wildman–Crippen MR) is 102 cm³/mol. The van der Waals surface area contributed by atoms with Crippen LogP contribution in [-0.4, -0.2) is 4.98 Å². The van der Waals surface area contributed by atoms with Gasteiger partial charge in [-0.05, 0) is 34.9 Å². The number of benzene rings is 3. The average Bonchev–Trinajstić information content (AvgIpc) is 3.07. The summed E-state index contributed by atoms with van der Waals surface area (Å²) < 4.78 is 13.8. The molecular weight excluding hydrogens is 309 g/mol. The fourth-order valence-electron chi connectivity index (χ4n) is 3.20. The Morgan fingerprint density at radius 1 is 0.840 bits per heavy atom. The second-order valence-corrected chi connectivity index (χ2v) is 6.09. The fourth-order valence-corrected chi connectivity index (χ4v) is 3.20. The number of halogens is 1. The van der Waals surface area contributed by atoms with E-state index in [9.17, 15) is 4.39 Å². The summed E-state index contributed by atoms with van der Waals surface area (Å²) in [5.74, 6) is -0.163. The van der Waals surface area contributed by atoms with Crippen molar-refractivity contribution in [2.45, 2.75) is 5.92 Å². The molecule has 2 heteroatoms. The number of hydrogen-bond donors (Lipinski definition) is 1. The van der Waals surface area contributed by atoms with E-state index in [1.165, 1.54) is 11.6 Å². The Kier molecular flexibility index (Phi) is 4.17. The largest absolute Gasteiger partial charge is 0.361 e. The van der Waals surface area contributed by atoms with Crippen molar-refractivity contribution in [2.24, 2.45) is 0 Å². The summed E-state index contributed by atoms with van der Waals surface area (Å²) in [7, 11) is 0. The molecule has 0 saturated heterocycles. The quantitative estimate of drug-likeness (QED) is 0.462. The lowest BCUT2D eigenvalue weighted by Gasteiger charge is -2.13. The zero-order valence-electron chi connectivity index (χ0n) is 13.7. The van der Waals surface area contributed by atoms with Gasteiger partial charge in [0.15, 0.2) is 0 Å².